The second kappa shape index (κ2) is 9.97. The van der Waals surface area contributed by atoms with Gasteiger partial charge < -0.3 is 4.74 Å². The summed E-state index contributed by atoms with van der Waals surface area (Å²) in [6.45, 7) is 4.75. The van der Waals surface area contributed by atoms with Crippen LogP contribution in [-0.2, 0) is 11.2 Å². The summed E-state index contributed by atoms with van der Waals surface area (Å²) in [5, 5.41) is 0. The third-order valence-corrected chi connectivity index (χ3v) is 5.75. The number of ether oxygens (including phenoxy) is 1. The van der Waals surface area contributed by atoms with Crippen molar-refractivity contribution in [2.45, 2.75) is 64.4 Å². The zero-order valence-electron chi connectivity index (χ0n) is 16.9. The predicted octanol–water partition coefficient (Wildman–Crippen LogP) is 7.20. The molecule has 0 atom stereocenters. The maximum absolute atomic E-state index is 14.6. The van der Waals surface area contributed by atoms with Crippen LogP contribution < -0.4 is 0 Å². The van der Waals surface area contributed by atoms with E-state index in [4.69, 9.17) is 4.74 Å². The van der Waals surface area contributed by atoms with Gasteiger partial charge in [0.15, 0.2) is 11.6 Å². The van der Waals surface area contributed by atoms with Crippen molar-refractivity contribution < 1.29 is 13.5 Å². The van der Waals surface area contributed by atoms with Crippen molar-refractivity contribution in [1.29, 1.82) is 0 Å². The molecule has 1 aliphatic rings. The van der Waals surface area contributed by atoms with Crippen LogP contribution in [0, 0.1) is 11.6 Å². The molecule has 2 aromatic rings. The molecule has 0 aliphatic heterocycles. The fourth-order valence-electron chi connectivity index (χ4n) is 4.14. The SMILES string of the molecule is C/C=C/CCc1ccc(-c2ccc(C3CCC(OCC)CC3)cc2)c(F)c1F. The average molecular weight is 385 g/mol. The normalized spacial score (nSPS) is 20.0. The number of aryl methyl sites for hydroxylation is 1. The summed E-state index contributed by atoms with van der Waals surface area (Å²) >= 11 is 0. The molecule has 2 aromatic carbocycles. The van der Waals surface area contributed by atoms with Crippen LogP contribution >= 0.6 is 0 Å². The lowest BCUT2D eigenvalue weighted by Gasteiger charge is -2.28. The lowest BCUT2D eigenvalue weighted by molar-refractivity contribution is 0.0328. The van der Waals surface area contributed by atoms with E-state index in [1.165, 1.54) is 5.56 Å². The van der Waals surface area contributed by atoms with E-state index in [1.807, 2.05) is 38.1 Å². The molecule has 0 spiro atoms. The van der Waals surface area contributed by atoms with Gasteiger partial charge in [0.2, 0.25) is 0 Å². The summed E-state index contributed by atoms with van der Waals surface area (Å²) in [5.74, 6) is -0.940. The first kappa shape index (κ1) is 20.7. The van der Waals surface area contributed by atoms with Crippen LogP contribution in [0.3, 0.4) is 0 Å². The lowest BCUT2D eigenvalue weighted by Crippen LogP contribution is -2.20. The minimum absolute atomic E-state index is 0.332. The molecule has 0 radical (unpaired) electrons. The molecule has 1 nitrogen and oxygen atoms in total. The second-order valence-electron chi connectivity index (χ2n) is 7.56. The Morgan fingerprint density at radius 2 is 1.68 bits per heavy atom. The standard InChI is InChI=1S/C25H30F2O/c1-3-5-6-7-21-14-17-23(25(27)24(21)26)20-10-8-18(9-11-20)19-12-15-22(16-13-19)28-4-2/h3,5,8-11,14,17,19,22H,4,6-7,12-13,15-16H2,1-2H3/b5-3+. The van der Waals surface area contributed by atoms with Crippen LogP contribution in [0.15, 0.2) is 48.6 Å². The summed E-state index contributed by atoms with van der Waals surface area (Å²) in [6.07, 6.45) is 9.93. The summed E-state index contributed by atoms with van der Waals surface area (Å²) in [7, 11) is 0. The average Bonchev–Trinajstić information content (AvgIpc) is 2.72. The molecule has 3 rings (SSSR count). The highest BCUT2D eigenvalue weighted by molar-refractivity contribution is 5.65. The van der Waals surface area contributed by atoms with Crippen LogP contribution in [0.5, 0.6) is 0 Å². The summed E-state index contributed by atoms with van der Waals surface area (Å²) < 4.78 is 34.8. The number of hydrogen-bond donors (Lipinski definition) is 0. The van der Waals surface area contributed by atoms with Gasteiger partial charge in [-0.25, -0.2) is 8.78 Å². The third kappa shape index (κ3) is 4.88. The zero-order valence-corrected chi connectivity index (χ0v) is 16.9. The van der Waals surface area contributed by atoms with E-state index in [0.29, 0.717) is 36.0 Å². The molecule has 0 unspecified atom stereocenters. The Hall–Kier alpha value is -2.00. The van der Waals surface area contributed by atoms with E-state index < -0.39 is 11.6 Å². The number of hydrogen-bond acceptors (Lipinski definition) is 1. The quantitative estimate of drug-likeness (QED) is 0.459. The molecule has 1 saturated carbocycles. The van der Waals surface area contributed by atoms with Crippen molar-refractivity contribution in [3.8, 4) is 11.1 Å². The molecule has 1 aliphatic carbocycles. The van der Waals surface area contributed by atoms with Gasteiger partial charge in [-0.3, -0.25) is 0 Å². The number of rotatable bonds is 7. The van der Waals surface area contributed by atoms with E-state index in [0.717, 1.165) is 37.9 Å². The molecule has 0 saturated heterocycles. The van der Waals surface area contributed by atoms with Gasteiger partial charge in [0, 0.05) is 12.2 Å². The van der Waals surface area contributed by atoms with Gasteiger partial charge in [-0.15, -0.1) is 0 Å². The van der Waals surface area contributed by atoms with Gasteiger partial charge in [0.05, 0.1) is 6.10 Å². The van der Waals surface area contributed by atoms with Gasteiger partial charge in [-0.2, -0.15) is 0 Å². The molecule has 0 aromatic heterocycles. The Morgan fingerprint density at radius 3 is 2.32 bits per heavy atom. The van der Waals surface area contributed by atoms with Gasteiger partial charge >= 0.3 is 0 Å². The van der Waals surface area contributed by atoms with E-state index in [2.05, 4.69) is 12.1 Å². The van der Waals surface area contributed by atoms with Crippen molar-refractivity contribution in [3.63, 3.8) is 0 Å². The highest BCUT2D eigenvalue weighted by atomic mass is 19.2. The topological polar surface area (TPSA) is 9.23 Å². The molecular formula is C25H30F2O. The number of allylic oxidation sites excluding steroid dienone is 2. The summed E-state index contributed by atoms with van der Waals surface area (Å²) in [6, 6.07) is 11.4. The third-order valence-electron chi connectivity index (χ3n) is 5.75. The van der Waals surface area contributed by atoms with Gasteiger partial charge in [0.1, 0.15) is 0 Å². The van der Waals surface area contributed by atoms with Crippen molar-refractivity contribution in [1.82, 2.24) is 0 Å². The molecule has 0 heterocycles. The van der Waals surface area contributed by atoms with Gasteiger partial charge in [-0.05, 0) is 75.0 Å². The summed E-state index contributed by atoms with van der Waals surface area (Å²) in [5.41, 5.74) is 2.77. The Balaban J connectivity index is 1.70. The number of halogens is 2. The van der Waals surface area contributed by atoms with Crippen LogP contribution in [0.25, 0.3) is 11.1 Å². The molecule has 0 bridgehead atoms. The largest absolute Gasteiger partial charge is 0.379 e. The minimum Gasteiger partial charge on any atom is -0.379 e. The van der Waals surface area contributed by atoms with E-state index >= 15 is 0 Å². The molecule has 150 valence electrons. The maximum Gasteiger partial charge on any atom is 0.166 e. The Labute approximate surface area is 167 Å². The van der Waals surface area contributed by atoms with Crippen molar-refractivity contribution in [2.75, 3.05) is 6.61 Å². The second-order valence-corrected chi connectivity index (χ2v) is 7.56. The van der Waals surface area contributed by atoms with E-state index in [-0.39, 0.29) is 0 Å². The molecule has 3 heteroatoms. The maximum atomic E-state index is 14.6. The van der Waals surface area contributed by atoms with Crippen LogP contribution in [-0.4, -0.2) is 12.7 Å². The van der Waals surface area contributed by atoms with E-state index in [9.17, 15) is 8.78 Å². The summed E-state index contributed by atoms with van der Waals surface area (Å²) in [4.78, 5) is 0. The Kier molecular flexibility index (Phi) is 7.38. The molecule has 0 N–H and O–H groups in total. The Morgan fingerprint density at radius 1 is 0.964 bits per heavy atom. The van der Waals surface area contributed by atoms with Gasteiger partial charge in [-0.1, -0.05) is 48.6 Å². The fourth-order valence-corrected chi connectivity index (χ4v) is 4.14. The predicted molar refractivity (Wildman–Crippen MR) is 112 cm³/mol. The first-order valence-corrected chi connectivity index (χ1v) is 10.4. The first-order valence-electron chi connectivity index (χ1n) is 10.4. The molecule has 0 amide bonds. The molecule has 28 heavy (non-hydrogen) atoms. The van der Waals surface area contributed by atoms with Crippen molar-refractivity contribution >= 4 is 0 Å². The Bertz CT molecular complexity index is 787. The molecular weight excluding hydrogens is 354 g/mol. The minimum atomic E-state index is -0.747. The van der Waals surface area contributed by atoms with Crippen LogP contribution in [0.4, 0.5) is 8.78 Å². The monoisotopic (exact) mass is 384 g/mol. The highest BCUT2D eigenvalue weighted by Crippen LogP contribution is 2.35. The van der Waals surface area contributed by atoms with Crippen molar-refractivity contribution in [2.24, 2.45) is 0 Å². The van der Waals surface area contributed by atoms with Crippen LogP contribution in [0.1, 0.15) is 63.0 Å². The van der Waals surface area contributed by atoms with Gasteiger partial charge in [0.25, 0.3) is 0 Å². The zero-order chi connectivity index (χ0) is 19.9. The van der Waals surface area contributed by atoms with Crippen molar-refractivity contribution in [3.05, 3.63) is 71.3 Å². The van der Waals surface area contributed by atoms with Crippen LogP contribution in [0.2, 0.25) is 0 Å². The fraction of sp³-hybridized carbons (Fsp3) is 0.440. The smallest absolute Gasteiger partial charge is 0.166 e. The number of benzene rings is 2. The first-order chi connectivity index (χ1) is 13.6. The molecule has 1 fully saturated rings. The van der Waals surface area contributed by atoms with E-state index in [1.54, 1.807) is 12.1 Å². The highest BCUT2D eigenvalue weighted by Gasteiger charge is 2.22. The lowest BCUT2D eigenvalue weighted by atomic mass is 9.82.